The highest BCUT2D eigenvalue weighted by atomic mass is 32.1. The number of aryl methyl sites for hydroxylation is 1. The van der Waals surface area contributed by atoms with Gasteiger partial charge in [-0.15, -0.1) is 0 Å². The maximum atomic E-state index is 9.25. The van der Waals surface area contributed by atoms with Gasteiger partial charge in [-0.2, -0.15) is 0 Å². The van der Waals surface area contributed by atoms with Crippen molar-refractivity contribution in [1.29, 1.82) is 0 Å². The third-order valence-corrected chi connectivity index (χ3v) is 4.04. The summed E-state index contributed by atoms with van der Waals surface area (Å²) in [7, 11) is 0. The van der Waals surface area contributed by atoms with Crippen molar-refractivity contribution in [2.75, 3.05) is 25.0 Å². The molecule has 0 aliphatic carbocycles. The van der Waals surface area contributed by atoms with Crippen molar-refractivity contribution >= 4 is 23.0 Å². The Morgan fingerprint density at radius 2 is 2.16 bits per heavy atom. The van der Waals surface area contributed by atoms with E-state index in [1.54, 1.807) is 0 Å². The van der Waals surface area contributed by atoms with Crippen LogP contribution in [0, 0.1) is 5.92 Å². The predicted molar refractivity (Wildman–Crippen MR) is 83.4 cm³/mol. The van der Waals surface area contributed by atoms with Gasteiger partial charge >= 0.3 is 0 Å². The van der Waals surface area contributed by atoms with Crippen molar-refractivity contribution < 1.29 is 5.11 Å². The molecule has 4 heteroatoms. The smallest absolute Gasteiger partial charge is 0.173 e. The van der Waals surface area contributed by atoms with Gasteiger partial charge in [0, 0.05) is 25.4 Å². The van der Waals surface area contributed by atoms with Gasteiger partial charge in [0.15, 0.2) is 5.11 Å². The number of aliphatic hydroxyl groups excluding tert-OH is 1. The molecule has 0 saturated carbocycles. The Bertz CT molecular complexity index is 419. The summed E-state index contributed by atoms with van der Waals surface area (Å²) in [5.41, 5.74) is 2.36. The van der Waals surface area contributed by atoms with E-state index in [0.717, 1.165) is 43.2 Å². The van der Waals surface area contributed by atoms with Gasteiger partial charge < -0.3 is 15.3 Å². The zero-order chi connectivity index (χ0) is 13.7. The topological polar surface area (TPSA) is 35.5 Å². The molecule has 1 heterocycles. The van der Waals surface area contributed by atoms with E-state index in [-0.39, 0.29) is 6.61 Å². The summed E-state index contributed by atoms with van der Waals surface area (Å²) in [4.78, 5) is 2.16. The van der Waals surface area contributed by atoms with Gasteiger partial charge in [-0.3, -0.25) is 0 Å². The summed E-state index contributed by atoms with van der Waals surface area (Å²) in [5.74, 6) is 0.357. The molecule has 1 aliphatic rings. The molecule has 3 nitrogen and oxygen atoms in total. The number of aliphatic hydroxyl groups is 1. The van der Waals surface area contributed by atoms with Crippen LogP contribution in [0.2, 0.25) is 0 Å². The van der Waals surface area contributed by atoms with Crippen LogP contribution in [0.5, 0.6) is 0 Å². The third kappa shape index (κ3) is 3.91. The summed E-state index contributed by atoms with van der Waals surface area (Å²) in [6.07, 6.45) is 3.25. The van der Waals surface area contributed by atoms with Gasteiger partial charge in [-0.05, 0) is 55.1 Å². The number of anilines is 1. The molecule has 1 fully saturated rings. The highest BCUT2D eigenvalue weighted by Crippen LogP contribution is 2.17. The van der Waals surface area contributed by atoms with E-state index in [1.807, 2.05) is 0 Å². The van der Waals surface area contributed by atoms with Crippen LogP contribution in [0.4, 0.5) is 5.69 Å². The second-order valence-electron chi connectivity index (χ2n) is 5.12. The van der Waals surface area contributed by atoms with Crippen LogP contribution in [0.15, 0.2) is 24.3 Å². The number of nitrogens with zero attached hydrogens (tertiary/aromatic N) is 1. The molecule has 2 rings (SSSR count). The standard InChI is InChI=1S/C15H22N2OS/c1-2-12-5-7-14(8-6-12)16-15(19)17-9-3-4-13(10-17)11-18/h5-8,13,18H,2-4,9-11H2,1H3,(H,16,19)/t13-/m1/s1. The van der Waals surface area contributed by atoms with Crippen molar-refractivity contribution in [2.45, 2.75) is 26.2 Å². The first kappa shape index (κ1) is 14.3. The van der Waals surface area contributed by atoms with E-state index in [1.165, 1.54) is 5.56 Å². The number of piperidine rings is 1. The van der Waals surface area contributed by atoms with Crippen LogP contribution >= 0.6 is 12.2 Å². The van der Waals surface area contributed by atoms with Crippen LogP contribution in [0.1, 0.15) is 25.3 Å². The second-order valence-corrected chi connectivity index (χ2v) is 5.50. The molecule has 2 N–H and O–H groups in total. The minimum Gasteiger partial charge on any atom is -0.396 e. The minimum absolute atomic E-state index is 0.254. The van der Waals surface area contributed by atoms with E-state index in [0.29, 0.717) is 5.92 Å². The quantitative estimate of drug-likeness (QED) is 0.833. The molecule has 0 bridgehead atoms. The van der Waals surface area contributed by atoms with Crippen molar-refractivity contribution in [2.24, 2.45) is 5.92 Å². The number of thiocarbonyl (C=S) groups is 1. The van der Waals surface area contributed by atoms with Crippen LogP contribution in [0.25, 0.3) is 0 Å². The summed E-state index contributed by atoms with van der Waals surface area (Å²) in [6, 6.07) is 8.38. The SMILES string of the molecule is CCc1ccc(NC(=S)N2CCC[C@@H](CO)C2)cc1. The van der Waals surface area contributed by atoms with Crippen LogP contribution in [-0.4, -0.2) is 34.8 Å². The van der Waals surface area contributed by atoms with Crippen molar-refractivity contribution in [1.82, 2.24) is 4.90 Å². The highest BCUT2D eigenvalue weighted by Gasteiger charge is 2.20. The molecule has 104 valence electrons. The predicted octanol–water partition coefficient (Wildman–Crippen LogP) is 2.65. The Balaban J connectivity index is 1.92. The van der Waals surface area contributed by atoms with Gasteiger partial charge in [0.1, 0.15) is 0 Å². The molecule has 0 radical (unpaired) electrons. The van der Waals surface area contributed by atoms with Gasteiger partial charge in [0.2, 0.25) is 0 Å². The second kappa shape index (κ2) is 6.87. The fourth-order valence-corrected chi connectivity index (χ4v) is 2.71. The van der Waals surface area contributed by atoms with E-state index in [4.69, 9.17) is 12.2 Å². The van der Waals surface area contributed by atoms with Gasteiger partial charge in [-0.1, -0.05) is 19.1 Å². The lowest BCUT2D eigenvalue weighted by Crippen LogP contribution is -2.43. The number of hydrogen-bond donors (Lipinski definition) is 2. The molecule has 19 heavy (non-hydrogen) atoms. The fourth-order valence-electron chi connectivity index (χ4n) is 2.42. The summed E-state index contributed by atoms with van der Waals surface area (Å²) >= 11 is 5.45. The number of benzene rings is 1. The first-order chi connectivity index (χ1) is 9.22. The van der Waals surface area contributed by atoms with E-state index in [9.17, 15) is 5.11 Å². The maximum Gasteiger partial charge on any atom is 0.173 e. The zero-order valence-electron chi connectivity index (χ0n) is 11.4. The lowest BCUT2D eigenvalue weighted by atomic mass is 9.99. The number of likely N-dealkylation sites (tertiary alicyclic amines) is 1. The largest absolute Gasteiger partial charge is 0.396 e. The zero-order valence-corrected chi connectivity index (χ0v) is 12.2. The summed E-state index contributed by atoms with van der Waals surface area (Å²) in [5, 5.41) is 13.3. The molecule has 0 spiro atoms. The third-order valence-electron chi connectivity index (χ3n) is 3.68. The lowest BCUT2D eigenvalue weighted by Gasteiger charge is -2.33. The van der Waals surface area contributed by atoms with E-state index >= 15 is 0 Å². The monoisotopic (exact) mass is 278 g/mol. The van der Waals surface area contributed by atoms with Crippen LogP contribution < -0.4 is 5.32 Å². The van der Waals surface area contributed by atoms with Crippen molar-refractivity contribution in [3.8, 4) is 0 Å². The molecular formula is C15H22N2OS. The Kier molecular flexibility index (Phi) is 5.16. The fraction of sp³-hybridized carbons (Fsp3) is 0.533. The average Bonchev–Trinajstić information content (AvgIpc) is 2.48. The molecule has 0 aromatic heterocycles. The highest BCUT2D eigenvalue weighted by molar-refractivity contribution is 7.80. The molecule has 0 amide bonds. The van der Waals surface area contributed by atoms with Crippen molar-refractivity contribution in [3.63, 3.8) is 0 Å². The summed E-state index contributed by atoms with van der Waals surface area (Å²) < 4.78 is 0. The molecule has 1 aliphatic heterocycles. The minimum atomic E-state index is 0.254. The summed E-state index contributed by atoms with van der Waals surface area (Å²) in [6.45, 7) is 4.24. The average molecular weight is 278 g/mol. The van der Waals surface area contributed by atoms with E-state index < -0.39 is 0 Å². The normalized spacial score (nSPS) is 19.3. The number of rotatable bonds is 3. The molecular weight excluding hydrogens is 256 g/mol. The maximum absolute atomic E-state index is 9.25. The van der Waals surface area contributed by atoms with Crippen LogP contribution in [0.3, 0.4) is 0 Å². The number of nitrogens with one attached hydrogen (secondary N) is 1. The lowest BCUT2D eigenvalue weighted by molar-refractivity contribution is 0.162. The Morgan fingerprint density at radius 1 is 1.42 bits per heavy atom. The first-order valence-electron chi connectivity index (χ1n) is 6.98. The van der Waals surface area contributed by atoms with Gasteiger partial charge in [-0.25, -0.2) is 0 Å². The molecule has 0 unspecified atom stereocenters. The first-order valence-corrected chi connectivity index (χ1v) is 7.39. The Labute approximate surface area is 120 Å². The molecule has 1 saturated heterocycles. The Hall–Kier alpha value is -1.13. The van der Waals surface area contributed by atoms with Crippen molar-refractivity contribution in [3.05, 3.63) is 29.8 Å². The Morgan fingerprint density at radius 3 is 2.79 bits per heavy atom. The molecule has 1 aromatic rings. The number of hydrogen-bond acceptors (Lipinski definition) is 2. The van der Waals surface area contributed by atoms with Gasteiger partial charge in [0.05, 0.1) is 0 Å². The molecule has 1 atom stereocenters. The van der Waals surface area contributed by atoms with Gasteiger partial charge in [0.25, 0.3) is 0 Å². The molecule has 1 aromatic carbocycles. The van der Waals surface area contributed by atoms with Crippen LogP contribution in [-0.2, 0) is 6.42 Å². The van der Waals surface area contributed by atoms with E-state index in [2.05, 4.69) is 41.4 Å².